The molecule has 0 aliphatic heterocycles. The molecule has 0 atom stereocenters. The van der Waals surface area contributed by atoms with Crippen LogP contribution in [0.5, 0.6) is 0 Å². The lowest BCUT2D eigenvalue weighted by atomic mass is 9.91. The highest BCUT2D eigenvalue weighted by Gasteiger charge is 2.33. The van der Waals surface area contributed by atoms with Crippen molar-refractivity contribution in [2.75, 3.05) is 0 Å². The molecule has 4 nitrogen and oxygen atoms in total. The zero-order valence-corrected chi connectivity index (χ0v) is 11.0. The number of carbonyl (C=O) groups is 1. The molecule has 1 fully saturated rings. The van der Waals surface area contributed by atoms with Crippen molar-refractivity contribution < 1.29 is 4.79 Å². The summed E-state index contributed by atoms with van der Waals surface area (Å²) in [5.74, 6) is 0.0799. The van der Waals surface area contributed by atoms with E-state index in [1.165, 1.54) is 0 Å². The normalized spacial score (nSPS) is 18.9. The molecule has 2 N–H and O–H groups in total. The molecule has 0 bridgehead atoms. The van der Waals surface area contributed by atoms with Crippen molar-refractivity contribution in [2.45, 2.75) is 37.6 Å². The molecule has 1 aliphatic carbocycles. The van der Waals surface area contributed by atoms with Crippen molar-refractivity contribution in [3.8, 4) is 0 Å². The quantitative estimate of drug-likeness (QED) is 0.865. The van der Waals surface area contributed by atoms with Crippen molar-refractivity contribution in [3.63, 3.8) is 0 Å². The number of halogens is 1. The molecular weight excluding hydrogens is 270 g/mol. The van der Waals surface area contributed by atoms with E-state index in [0.717, 1.165) is 30.2 Å². The SMILES string of the molecule is Cn1ncc(Br)c1C(=O)CC1(N)CCCC1. The number of Topliss-reactive ketones (excluding diaryl/α,β-unsaturated/α-hetero) is 1. The van der Waals surface area contributed by atoms with Gasteiger partial charge in [-0.2, -0.15) is 5.10 Å². The van der Waals surface area contributed by atoms with Gasteiger partial charge in [0, 0.05) is 19.0 Å². The first-order chi connectivity index (χ1) is 7.52. The molecule has 0 aromatic carbocycles. The Balaban J connectivity index is 2.14. The van der Waals surface area contributed by atoms with E-state index in [1.807, 2.05) is 0 Å². The molecule has 1 aliphatic rings. The van der Waals surface area contributed by atoms with Crippen molar-refractivity contribution in [1.82, 2.24) is 9.78 Å². The summed E-state index contributed by atoms with van der Waals surface area (Å²) >= 11 is 3.34. The Bertz CT molecular complexity index is 388. The molecule has 0 saturated heterocycles. The van der Waals surface area contributed by atoms with Crippen LogP contribution in [-0.4, -0.2) is 21.1 Å². The van der Waals surface area contributed by atoms with Crippen LogP contribution in [0.3, 0.4) is 0 Å². The zero-order valence-electron chi connectivity index (χ0n) is 9.37. The van der Waals surface area contributed by atoms with Gasteiger partial charge in [0.2, 0.25) is 0 Å². The number of aromatic nitrogens is 2. The van der Waals surface area contributed by atoms with Crippen LogP contribution >= 0.6 is 15.9 Å². The average Bonchev–Trinajstić information content (AvgIpc) is 2.74. The van der Waals surface area contributed by atoms with E-state index in [-0.39, 0.29) is 11.3 Å². The van der Waals surface area contributed by atoms with Gasteiger partial charge >= 0.3 is 0 Å². The van der Waals surface area contributed by atoms with E-state index < -0.39 is 0 Å². The fourth-order valence-corrected chi connectivity index (χ4v) is 2.95. The zero-order chi connectivity index (χ0) is 11.8. The minimum Gasteiger partial charge on any atom is -0.325 e. The molecule has 1 aromatic heterocycles. The Labute approximate surface area is 103 Å². The Morgan fingerprint density at radius 1 is 1.62 bits per heavy atom. The first-order valence-corrected chi connectivity index (χ1v) is 6.31. The summed E-state index contributed by atoms with van der Waals surface area (Å²) in [5, 5.41) is 4.04. The van der Waals surface area contributed by atoms with Crippen LogP contribution in [0.15, 0.2) is 10.7 Å². The number of nitrogens with two attached hydrogens (primary N) is 1. The molecule has 0 radical (unpaired) electrons. The maximum atomic E-state index is 12.1. The summed E-state index contributed by atoms with van der Waals surface area (Å²) in [6.45, 7) is 0. The Hall–Kier alpha value is -0.680. The van der Waals surface area contributed by atoms with Crippen molar-refractivity contribution in [2.24, 2.45) is 12.8 Å². The Morgan fingerprint density at radius 3 is 2.75 bits per heavy atom. The lowest BCUT2D eigenvalue weighted by Crippen LogP contribution is -2.39. The number of aryl methyl sites for hydroxylation is 1. The van der Waals surface area contributed by atoms with Gasteiger partial charge in [0.15, 0.2) is 5.78 Å². The van der Waals surface area contributed by atoms with Crippen LogP contribution in [0, 0.1) is 0 Å². The lowest BCUT2D eigenvalue weighted by Gasteiger charge is -2.22. The van der Waals surface area contributed by atoms with E-state index in [9.17, 15) is 4.79 Å². The first kappa shape index (κ1) is 11.8. The van der Waals surface area contributed by atoms with E-state index >= 15 is 0 Å². The number of hydrogen-bond donors (Lipinski definition) is 1. The second-order valence-electron chi connectivity index (χ2n) is 4.63. The number of hydrogen-bond acceptors (Lipinski definition) is 3. The summed E-state index contributed by atoms with van der Waals surface area (Å²) in [6, 6.07) is 0. The lowest BCUT2D eigenvalue weighted by molar-refractivity contribution is 0.0942. The first-order valence-electron chi connectivity index (χ1n) is 5.51. The molecule has 5 heteroatoms. The predicted molar refractivity (Wildman–Crippen MR) is 65.2 cm³/mol. The molecule has 1 aromatic rings. The summed E-state index contributed by atoms with van der Waals surface area (Å²) in [7, 11) is 1.77. The van der Waals surface area contributed by atoms with Crippen molar-refractivity contribution in [1.29, 1.82) is 0 Å². The van der Waals surface area contributed by atoms with Crippen LogP contribution in [0.25, 0.3) is 0 Å². The van der Waals surface area contributed by atoms with E-state index in [2.05, 4.69) is 21.0 Å². The number of ketones is 1. The highest BCUT2D eigenvalue weighted by atomic mass is 79.9. The molecule has 0 spiro atoms. The molecule has 2 rings (SSSR count). The van der Waals surface area contributed by atoms with Crippen LogP contribution in [0.4, 0.5) is 0 Å². The maximum absolute atomic E-state index is 12.1. The largest absolute Gasteiger partial charge is 0.325 e. The Kier molecular flexibility index (Phi) is 3.17. The minimum absolute atomic E-state index is 0.0799. The van der Waals surface area contributed by atoms with E-state index in [1.54, 1.807) is 17.9 Å². The molecule has 0 amide bonds. The smallest absolute Gasteiger partial charge is 0.183 e. The van der Waals surface area contributed by atoms with Gasteiger partial charge in [-0.05, 0) is 28.8 Å². The third kappa shape index (κ3) is 2.20. The van der Waals surface area contributed by atoms with Gasteiger partial charge in [-0.25, -0.2) is 0 Å². The van der Waals surface area contributed by atoms with E-state index in [0.29, 0.717) is 12.1 Å². The second kappa shape index (κ2) is 4.30. The van der Waals surface area contributed by atoms with Gasteiger partial charge in [0.05, 0.1) is 10.7 Å². The topological polar surface area (TPSA) is 60.9 Å². The summed E-state index contributed by atoms with van der Waals surface area (Å²) in [4.78, 5) is 12.1. The third-order valence-electron chi connectivity index (χ3n) is 3.27. The van der Waals surface area contributed by atoms with Gasteiger partial charge in [0.1, 0.15) is 5.69 Å². The summed E-state index contributed by atoms with van der Waals surface area (Å²) < 4.78 is 2.35. The molecule has 0 unspecified atom stereocenters. The van der Waals surface area contributed by atoms with Crippen LogP contribution in [-0.2, 0) is 7.05 Å². The van der Waals surface area contributed by atoms with Crippen LogP contribution < -0.4 is 5.73 Å². The average molecular weight is 286 g/mol. The van der Waals surface area contributed by atoms with Crippen molar-refractivity contribution in [3.05, 3.63) is 16.4 Å². The fraction of sp³-hybridized carbons (Fsp3) is 0.636. The highest BCUT2D eigenvalue weighted by molar-refractivity contribution is 9.10. The standard InChI is InChI=1S/C11H16BrN3O/c1-15-10(8(12)7-14-15)9(16)6-11(13)4-2-3-5-11/h7H,2-6,13H2,1H3. The predicted octanol–water partition coefficient (Wildman–Crippen LogP) is 2.03. The van der Waals surface area contributed by atoms with Gasteiger partial charge in [-0.1, -0.05) is 12.8 Å². The second-order valence-corrected chi connectivity index (χ2v) is 5.49. The van der Waals surface area contributed by atoms with Crippen LogP contribution in [0.1, 0.15) is 42.6 Å². The van der Waals surface area contributed by atoms with Crippen molar-refractivity contribution >= 4 is 21.7 Å². The summed E-state index contributed by atoms with van der Waals surface area (Å²) in [5.41, 5.74) is 6.53. The molecule has 1 heterocycles. The number of rotatable bonds is 3. The minimum atomic E-state index is -0.291. The van der Waals surface area contributed by atoms with Gasteiger partial charge in [-0.15, -0.1) is 0 Å². The molecule has 1 saturated carbocycles. The Morgan fingerprint density at radius 2 is 2.25 bits per heavy atom. The van der Waals surface area contributed by atoms with Gasteiger partial charge < -0.3 is 5.73 Å². The number of nitrogens with zero attached hydrogens (tertiary/aromatic N) is 2. The molecule has 16 heavy (non-hydrogen) atoms. The van der Waals surface area contributed by atoms with E-state index in [4.69, 9.17) is 5.73 Å². The summed E-state index contributed by atoms with van der Waals surface area (Å²) in [6.07, 6.45) is 6.24. The molecular formula is C11H16BrN3O. The third-order valence-corrected chi connectivity index (χ3v) is 3.85. The highest BCUT2D eigenvalue weighted by Crippen LogP contribution is 2.31. The maximum Gasteiger partial charge on any atom is 0.183 e. The number of carbonyl (C=O) groups excluding carboxylic acids is 1. The monoisotopic (exact) mass is 285 g/mol. The van der Waals surface area contributed by atoms with Gasteiger partial charge in [-0.3, -0.25) is 9.48 Å². The molecule has 88 valence electrons. The fourth-order valence-electron chi connectivity index (χ4n) is 2.38. The van der Waals surface area contributed by atoms with Crippen LogP contribution in [0.2, 0.25) is 0 Å². The van der Waals surface area contributed by atoms with Gasteiger partial charge in [0.25, 0.3) is 0 Å².